The van der Waals surface area contributed by atoms with Crippen LogP contribution in [0.5, 0.6) is 0 Å². The van der Waals surface area contributed by atoms with E-state index in [4.69, 9.17) is 22.3 Å². The van der Waals surface area contributed by atoms with E-state index in [1.165, 1.54) is 6.92 Å². The van der Waals surface area contributed by atoms with E-state index in [-0.39, 0.29) is 25.3 Å². The molecule has 0 bridgehead atoms. The number of aliphatic hydroxyl groups is 1. The summed E-state index contributed by atoms with van der Waals surface area (Å²) in [6.07, 6.45) is -1.40. The van der Waals surface area contributed by atoms with Gasteiger partial charge in [-0.3, -0.25) is 24.2 Å². The Morgan fingerprint density at radius 2 is 1.49 bits per heavy atom. The van der Waals surface area contributed by atoms with Gasteiger partial charge in [-0.1, -0.05) is 20.3 Å². The zero-order valence-electron chi connectivity index (χ0n) is 20.1. The fourth-order valence-electron chi connectivity index (χ4n) is 2.92. The number of nitrogens with one attached hydrogen (secondary N) is 3. The van der Waals surface area contributed by atoms with Crippen molar-refractivity contribution >= 4 is 35.6 Å². The third kappa shape index (κ3) is 12.0. The molecule has 0 saturated carbocycles. The Balaban J connectivity index is 5.68. The fourth-order valence-corrected chi connectivity index (χ4v) is 2.92. The van der Waals surface area contributed by atoms with Gasteiger partial charge in [0.25, 0.3) is 0 Å². The molecule has 0 aromatic heterocycles. The highest BCUT2D eigenvalue weighted by Crippen LogP contribution is 2.10. The van der Waals surface area contributed by atoms with Gasteiger partial charge in [0.05, 0.1) is 18.6 Å². The minimum absolute atomic E-state index is 0.000201. The van der Waals surface area contributed by atoms with Crippen LogP contribution in [-0.2, 0) is 24.0 Å². The number of carboxylic acid groups (broad SMARTS) is 2. The Kier molecular flexibility index (Phi) is 13.9. The number of hydrogen-bond acceptors (Lipinski definition) is 8. The first kappa shape index (κ1) is 31.5. The molecule has 6 atom stereocenters. The van der Waals surface area contributed by atoms with Gasteiger partial charge in [-0.15, -0.1) is 0 Å². The van der Waals surface area contributed by atoms with Crippen LogP contribution in [0.2, 0.25) is 0 Å². The molecule has 200 valence electrons. The second-order valence-corrected chi connectivity index (χ2v) is 8.15. The Bertz CT molecular complexity index is 785. The summed E-state index contributed by atoms with van der Waals surface area (Å²) >= 11 is 0. The molecular weight excluding hydrogens is 466 g/mol. The quantitative estimate of drug-likeness (QED) is 0.0574. The maximum atomic E-state index is 13.0. The molecular formula is C20H37N7O8. The molecule has 3 amide bonds. The molecule has 35 heavy (non-hydrogen) atoms. The monoisotopic (exact) mass is 503 g/mol. The molecule has 15 heteroatoms. The molecule has 12 N–H and O–H groups in total. The van der Waals surface area contributed by atoms with E-state index in [2.05, 4.69) is 20.9 Å². The maximum absolute atomic E-state index is 13.0. The highest BCUT2D eigenvalue weighted by Gasteiger charge is 2.33. The number of amides is 3. The average Bonchev–Trinajstić information content (AvgIpc) is 2.75. The molecule has 0 radical (unpaired) electrons. The Hall–Kier alpha value is -3.46. The Morgan fingerprint density at radius 1 is 0.914 bits per heavy atom. The van der Waals surface area contributed by atoms with Crippen LogP contribution in [0.15, 0.2) is 4.99 Å². The summed E-state index contributed by atoms with van der Waals surface area (Å²) in [6, 6.07) is -5.44. The second-order valence-electron chi connectivity index (χ2n) is 8.15. The number of guanidine groups is 1. The number of aliphatic hydroxyl groups excluding tert-OH is 1. The van der Waals surface area contributed by atoms with Gasteiger partial charge >= 0.3 is 11.9 Å². The largest absolute Gasteiger partial charge is 0.481 e. The molecule has 0 aliphatic rings. The lowest BCUT2D eigenvalue weighted by atomic mass is 9.97. The molecule has 0 rings (SSSR count). The fraction of sp³-hybridized carbons (Fsp3) is 0.700. The lowest BCUT2D eigenvalue weighted by molar-refractivity contribution is -0.145. The first-order valence-electron chi connectivity index (χ1n) is 11.1. The minimum Gasteiger partial charge on any atom is -0.481 e. The number of carboxylic acids is 2. The number of aliphatic imine (C=N–C) groups is 1. The van der Waals surface area contributed by atoms with Crippen LogP contribution < -0.4 is 33.2 Å². The molecule has 0 heterocycles. The van der Waals surface area contributed by atoms with Crippen molar-refractivity contribution in [3.63, 3.8) is 0 Å². The van der Waals surface area contributed by atoms with Crippen molar-refractivity contribution in [3.8, 4) is 0 Å². The van der Waals surface area contributed by atoms with E-state index in [0.29, 0.717) is 6.42 Å². The molecule has 6 unspecified atom stereocenters. The van der Waals surface area contributed by atoms with Gasteiger partial charge in [-0.05, 0) is 25.7 Å². The predicted octanol–water partition coefficient (Wildman–Crippen LogP) is -3.19. The lowest BCUT2D eigenvalue weighted by Gasteiger charge is -2.28. The van der Waals surface area contributed by atoms with Crippen molar-refractivity contribution < 1.29 is 39.3 Å². The van der Waals surface area contributed by atoms with E-state index < -0.39 is 72.3 Å². The van der Waals surface area contributed by atoms with E-state index in [1.807, 2.05) is 0 Å². The van der Waals surface area contributed by atoms with E-state index in [9.17, 15) is 34.2 Å². The van der Waals surface area contributed by atoms with E-state index in [1.54, 1.807) is 13.8 Å². The van der Waals surface area contributed by atoms with Crippen LogP contribution in [0, 0.1) is 5.92 Å². The van der Waals surface area contributed by atoms with Crippen LogP contribution >= 0.6 is 0 Å². The van der Waals surface area contributed by atoms with Crippen molar-refractivity contribution in [3.05, 3.63) is 0 Å². The zero-order chi connectivity index (χ0) is 27.3. The van der Waals surface area contributed by atoms with Gasteiger partial charge in [0.2, 0.25) is 17.7 Å². The van der Waals surface area contributed by atoms with Crippen LogP contribution in [0.25, 0.3) is 0 Å². The highest BCUT2D eigenvalue weighted by molar-refractivity contribution is 5.95. The summed E-state index contributed by atoms with van der Waals surface area (Å²) in [7, 11) is 0. The SMILES string of the molecule is CCC(C)C(NC(=O)C(N)CC(=O)O)C(=O)NC(CCCN=C(N)N)C(=O)NC(C(=O)O)C(C)O. The van der Waals surface area contributed by atoms with Crippen molar-refractivity contribution in [1.82, 2.24) is 16.0 Å². The van der Waals surface area contributed by atoms with Crippen LogP contribution in [0.1, 0.15) is 46.5 Å². The normalized spacial score (nSPS) is 15.9. The summed E-state index contributed by atoms with van der Waals surface area (Å²) in [5.74, 6) is -5.87. The molecule has 0 aliphatic heterocycles. The highest BCUT2D eigenvalue weighted by atomic mass is 16.4. The summed E-state index contributed by atoms with van der Waals surface area (Å²) in [5, 5.41) is 34.8. The summed E-state index contributed by atoms with van der Waals surface area (Å²) in [4.78, 5) is 64.1. The molecule has 0 aromatic rings. The molecule has 0 spiro atoms. The number of aliphatic carboxylic acids is 2. The van der Waals surface area contributed by atoms with Crippen molar-refractivity contribution in [2.45, 2.75) is 76.7 Å². The Morgan fingerprint density at radius 3 is 1.94 bits per heavy atom. The number of carbonyl (C=O) groups is 5. The van der Waals surface area contributed by atoms with Crippen LogP contribution in [0.3, 0.4) is 0 Å². The number of nitrogens with two attached hydrogens (primary N) is 3. The molecule has 15 nitrogen and oxygen atoms in total. The van der Waals surface area contributed by atoms with Gasteiger partial charge in [0.15, 0.2) is 12.0 Å². The van der Waals surface area contributed by atoms with Crippen LogP contribution in [-0.4, -0.2) is 87.8 Å². The van der Waals surface area contributed by atoms with Crippen molar-refractivity contribution in [2.75, 3.05) is 6.54 Å². The van der Waals surface area contributed by atoms with Gasteiger partial charge in [-0.25, -0.2) is 4.79 Å². The number of rotatable bonds is 16. The minimum atomic E-state index is -1.63. The number of hydrogen-bond donors (Lipinski definition) is 9. The maximum Gasteiger partial charge on any atom is 0.328 e. The van der Waals surface area contributed by atoms with Gasteiger partial charge in [0.1, 0.15) is 12.1 Å². The smallest absolute Gasteiger partial charge is 0.328 e. The first-order valence-corrected chi connectivity index (χ1v) is 11.1. The summed E-state index contributed by atoms with van der Waals surface area (Å²) < 4.78 is 0. The van der Waals surface area contributed by atoms with Crippen molar-refractivity contribution in [1.29, 1.82) is 0 Å². The third-order valence-corrected chi connectivity index (χ3v) is 5.15. The van der Waals surface area contributed by atoms with Gasteiger partial charge in [-0.2, -0.15) is 0 Å². The molecule has 0 fully saturated rings. The zero-order valence-corrected chi connectivity index (χ0v) is 20.1. The molecule has 0 aromatic carbocycles. The van der Waals surface area contributed by atoms with Gasteiger partial charge < -0.3 is 48.5 Å². The lowest BCUT2D eigenvalue weighted by Crippen LogP contribution is -2.59. The van der Waals surface area contributed by atoms with E-state index in [0.717, 1.165) is 0 Å². The molecule has 0 aliphatic carbocycles. The van der Waals surface area contributed by atoms with Crippen LogP contribution in [0.4, 0.5) is 0 Å². The second kappa shape index (κ2) is 15.4. The Labute approximate surface area is 202 Å². The third-order valence-electron chi connectivity index (χ3n) is 5.15. The number of nitrogens with zero attached hydrogens (tertiary/aromatic N) is 1. The molecule has 0 saturated heterocycles. The predicted molar refractivity (Wildman–Crippen MR) is 125 cm³/mol. The first-order chi connectivity index (χ1) is 16.2. The summed E-state index contributed by atoms with van der Waals surface area (Å²) in [5.41, 5.74) is 16.1. The van der Waals surface area contributed by atoms with E-state index >= 15 is 0 Å². The average molecular weight is 504 g/mol. The standard InChI is InChI=1S/C20H37N7O8/c1-4-9(2)14(26-16(31)11(21)8-13(29)30)18(33)25-12(6-5-7-24-20(22)23)17(32)27-15(10(3)28)19(34)35/h9-12,14-15,28H,4-8,21H2,1-3H3,(H,25,33)(H,26,31)(H,27,32)(H,29,30)(H,34,35)(H4,22,23,24). The topological polar surface area (TPSA) is 273 Å². The number of carbonyl (C=O) groups excluding carboxylic acids is 3. The summed E-state index contributed by atoms with van der Waals surface area (Å²) in [6.45, 7) is 4.72. The van der Waals surface area contributed by atoms with Gasteiger partial charge in [0, 0.05) is 6.54 Å². The van der Waals surface area contributed by atoms with Crippen molar-refractivity contribution in [2.24, 2.45) is 28.1 Å².